The van der Waals surface area contributed by atoms with Gasteiger partial charge in [0.15, 0.2) is 6.61 Å². The number of hydrogen-bond donors (Lipinski definition) is 1. The highest BCUT2D eigenvalue weighted by atomic mass is 79.9. The molecule has 108 valence electrons. The maximum Gasteiger partial charge on any atom is 0.229 e. The molecule has 1 aromatic heterocycles. The van der Waals surface area contributed by atoms with Crippen LogP contribution in [0.2, 0.25) is 0 Å². The largest absolute Gasteiger partial charge is 0.483 e. The number of hydrogen-bond acceptors (Lipinski definition) is 5. The van der Waals surface area contributed by atoms with Crippen LogP contribution in [0.15, 0.2) is 25.6 Å². The molecule has 5 nitrogen and oxygen atoms in total. The Hall–Kier alpha value is -0.920. The van der Waals surface area contributed by atoms with Crippen LogP contribution in [-0.4, -0.2) is 10.1 Å². The lowest BCUT2D eigenvalue weighted by atomic mass is 10.2. The molecule has 0 aliphatic carbocycles. The number of aromatic nitrogens is 2. The Labute approximate surface area is 134 Å². The summed E-state index contributed by atoms with van der Waals surface area (Å²) in [6, 6.07) is 3.85. The van der Waals surface area contributed by atoms with Crippen LogP contribution in [0.5, 0.6) is 5.75 Å². The van der Waals surface area contributed by atoms with Crippen molar-refractivity contribution in [1.29, 1.82) is 0 Å². The van der Waals surface area contributed by atoms with Gasteiger partial charge in [0.2, 0.25) is 11.7 Å². The summed E-state index contributed by atoms with van der Waals surface area (Å²) in [5.41, 5.74) is 6.63. The monoisotopic (exact) mass is 403 g/mol. The first-order valence-corrected chi connectivity index (χ1v) is 7.73. The third-order valence-electron chi connectivity index (χ3n) is 2.62. The van der Waals surface area contributed by atoms with Crippen LogP contribution in [0.3, 0.4) is 0 Å². The quantitative estimate of drug-likeness (QED) is 0.821. The maximum atomic E-state index is 5.73. The SMILES string of the molecule is CC(C)c1nc(COc2c(Br)cc(CN)cc2Br)no1. The number of benzene rings is 1. The second-order valence-corrected chi connectivity index (χ2v) is 6.29. The Bertz CT molecular complexity index is 576. The molecule has 0 radical (unpaired) electrons. The van der Waals surface area contributed by atoms with Crippen molar-refractivity contribution >= 4 is 31.9 Å². The van der Waals surface area contributed by atoms with Crippen molar-refractivity contribution < 1.29 is 9.26 Å². The zero-order valence-corrected chi connectivity index (χ0v) is 14.4. The Morgan fingerprint density at radius 2 is 1.95 bits per heavy atom. The highest BCUT2D eigenvalue weighted by Gasteiger charge is 2.13. The second-order valence-electron chi connectivity index (χ2n) is 4.58. The summed E-state index contributed by atoms with van der Waals surface area (Å²) >= 11 is 6.93. The molecule has 2 N–H and O–H groups in total. The summed E-state index contributed by atoms with van der Waals surface area (Å²) in [7, 11) is 0. The summed E-state index contributed by atoms with van der Waals surface area (Å²) in [5.74, 6) is 2.03. The molecule has 0 saturated heterocycles. The topological polar surface area (TPSA) is 74.2 Å². The lowest BCUT2D eigenvalue weighted by Crippen LogP contribution is -2.01. The molecule has 2 rings (SSSR count). The molecule has 0 spiro atoms. The van der Waals surface area contributed by atoms with Crippen LogP contribution < -0.4 is 10.5 Å². The van der Waals surface area contributed by atoms with E-state index in [0.29, 0.717) is 24.0 Å². The van der Waals surface area contributed by atoms with Gasteiger partial charge in [-0.2, -0.15) is 4.98 Å². The molecule has 0 amide bonds. The van der Waals surface area contributed by atoms with E-state index < -0.39 is 0 Å². The van der Waals surface area contributed by atoms with Gasteiger partial charge < -0.3 is 15.0 Å². The fourth-order valence-electron chi connectivity index (χ4n) is 1.57. The number of nitrogens with zero attached hydrogens (tertiary/aromatic N) is 2. The fourth-order valence-corrected chi connectivity index (χ4v) is 3.08. The number of ether oxygens (including phenoxy) is 1. The van der Waals surface area contributed by atoms with Gasteiger partial charge in [0.1, 0.15) is 5.75 Å². The summed E-state index contributed by atoms with van der Waals surface area (Å²) < 4.78 is 12.5. The molecule has 7 heteroatoms. The van der Waals surface area contributed by atoms with Gasteiger partial charge in [-0.25, -0.2) is 0 Å². The smallest absolute Gasteiger partial charge is 0.229 e. The minimum atomic E-state index is 0.207. The predicted molar refractivity (Wildman–Crippen MR) is 82.5 cm³/mol. The first-order valence-electron chi connectivity index (χ1n) is 6.14. The van der Waals surface area contributed by atoms with Gasteiger partial charge in [0.25, 0.3) is 0 Å². The van der Waals surface area contributed by atoms with E-state index in [1.807, 2.05) is 26.0 Å². The molecule has 1 heterocycles. The van der Waals surface area contributed by atoms with Crippen LogP contribution in [0.4, 0.5) is 0 Å². The zero-order valence-electron chi connectivity index (χ0n) is 11.2. The summed E-state index contributed by atoms with van der Waals surface area (Å²) in [6.45, 7) is 4.71. The van der Waals surface area contributed by atoms with E-state index in [4.69, 9.17) is 15.0 Å². The van der Waals surface area contributed by atoms with E-state index in [2.05, 4.69) is 42.0 Å². The lowest BCUT2D eigenvalue weighted by Gasteiger charge is -2.10. The standard InChI is InChI=1S/C13H15Br2N3O2/c1-7(2)13-17-11(18-20-13)6-19-12-9(14)3-8(5-16)4-10(12)15/h3-4,7H,5-6,16H2,1-2H3. The second kappa shape index (κ2) is 6.69. The van der Waals surface area contributed by atoms with Crippen molar-refractivity contribution in [2.75, 3.05) is 0 Å². The fraction of sp³-hybridized carbons (Fsp3) is 0.385. The first kappa shape index (κ1) is 15.5. The van der Waals surface area contributed by atoms with Gasteiger partial charge in [-0.15, -0.1) is 0 Å². The van der Waals surface area contributed by atoms with Crippen molar-refractivity contribution in [2.45, 2.75) is 32.9 Å². The van der Waals surface area contributed by atoms with Gasteiger partial charge in [-0.3, -0.25) is 0 Å². The van der Waals surface area contributed by atoms with E-state index in [9.17, 15) is 0 Å². The molecule has 0 fully saturated rings. The highest BCUT2D eigenvalue weighted by molar-refractivity contribution is 9.11. The third-order valence-corrected chi connectivity index (χ3v) is 3.80. The molecule has 2 aromatic rings. The molecule has 0 aliphatic rings. The number of nitrogens with two attached hydrogens (primary N) is 1. The minimum absolute atomic E-state index is 0.207. The van der Waals surface area contributed by atoms with Crippen LogP contribution in [0, 0.1) is 0 Å². The van der Waals surface area contributed by atoms with E-state index in [-0.39, 0.29) is 12.5 Å². The maximum absolute atomic E-state index is 5.73. The van der Waals surface area contributed by atoms with Crippen LogP contribution >= 0.6 is 31.9 Å². The normalized spacial score (nSPS) is 11.1. The molecule has 1 aromatic carbocycles. The molecular weight excluding hydrogens is 390 g/mol. The van der Waals surface area contributed by atoms with E-state index in [1.165, 1.54) is 0 Å². The molecule has 0 saturated carbocycles. The van der Waals surface area contributed by atoms with Gasteiger partial charge in [-0.1, -0.05) is 19.0 Å². The highest BCUT2D eigenvalue weighted by Crippen LogP contribution is 2.35. The first-order chi connectivity index (χ1) is 9.51. The molecular formula is C13H15Br2N3O2. The Morgan fingerprint density at radius 1 is 1.30 bits per heavy atom. The predicted octanol–water partition coefficient (Wildman–Crippen LogP) is 3.76. The molecule has 0 unspecified atom stereocenters. The average molecular weight is 405 g/mol. The number of halogens is 2. The molecule has 20 heavy (non-hydrogen) atoms. The van der Waals surface area contributed by atoms with Crippen LogP contribution in [0.25, 0.3) is 0 Å². The summed E-state index contributed by atoms with van der Waals surface area (Å²) in [6.07, 6.45) is 0. The Kier molecular flexibility index (Phi) is 5.17. The van der Waals surface area contributed by atoms with Crippen molar-refractivity contribution in [3.63, 3.8) is 0 Å². The summed E-state index contributed by atoms with van der Waals surface area (Å²) in [5, 5.41) is 3.88. The van der Waals surface area contributed by atoms with Gasteiger partial charge in [0.05, 0.1) is 8.95 Å². The molecule has 0 aliphatic heterocycles. The third kappa shape index (κ3) is 3.59. The lowest BCUT2D eigenvalue weighted by molar-refractivity contribution is 0.281. The average Bonchev–Trinajstić information content (AvgIpc) is 2.86. The minimum Gasteiger partial charge on any atom is -0.483 e. The van der Waals surface area contributed by atoms with Crippen molar-refractivity contribution in [3.8, 4) is 5.75 Å². The molecule has 0 bridgehead atoms. The zero-order chi connectivity index (χ0) is 14.7. The van der Waals surface area contributed by atoms with Crippen molar-refractivity contribution in [2.24, 2.45) is 5.73 Å². The molecule has 0 atom stereocenters. The van der Waals surface area contributed by atoms with Gasteiger partial charge in [0, 0.05) is 12.5 Å². The van der Waals surface area contributed by atoms with Crippen LogP contribution in [0.1, 0.15) is 37.0 Å². The van der Waals surface area contributed by atoms with Gasteiger partial charge in [-0.05, 0) is 49.6 Å². The van der Waals surface area contributed by atoms with Crippen molar-refractivity contribution in [3.05, 3.63) is 38.4 Å². The van der Waals surface area contributed by atoms with Crippen molar-refractivity contribution in [1.82, 2.24) is 10.1 Å². The van der Waals surface area contributed by atoms with E-state index in [1.54, 1.807) is 0 Å². The number of rotatable bonds is 5. The van der Waals surface area contributed by atoms with E-state index >= 15 is 0 Å². The van der Waals surface area contributed by atoms with Gasteiger partial charge >= 0.3 is 0 Å². The summed E-state index contributed by atoms with van der Waals surface area (Å²) in [4.78, 5) is 4.26. The van der Waals surface area contributed by atoms with E-state index in [0.717, 1.165) is 14.5 Å². The Morgan fingerprint density at radius 3 is 2.45 bits per heavy atom. The Balaban J connectivity index is 2.10. The van der Waals surface area contributed by atoms with Crippen LogP contribution in [-0.2, 0) is 13.2 Å².